The van der Waals surface area contributed by atoms with Gasteiger partial charge in [0.1, 0.15) is 18.5 Å². The van der Waals surface area contributed by atoms with Crippen LogP contribution < -0.4 is 0 Å². The molecule has 2 unspecified atom stereocenters. The molecule has 0 radical (unpaired) electrons. The molecule has 0 amide bonds. The molecule has 2 aliphatic rings. The third-order valence-corrected chi connectivity index (χ3v) is 4.16. The maximum absolute atomic E-state index is 11.6. The fourth-order valence-corrected chi connectivity index (χ4v) is 3.18. The predicted molar refractivity (Wildman–Crippen MR) is 74.4 cm³/mol. The number of aldehydes is 1. The Morgan fingerprint density at radius 3 is 2.38 bits per heavy atom. The van der Waals surface area contributed by atoms with Gasteiger partial charge in [0.15, 0.2) is 0 Å². The Kier molecular flexibility index (Phi) is 2.50. The lowest BCUT2D eigenvalue weighted by Gasteiger charge is -2.16. The molecule has 2 aromatic rings. The largest absolute Gasteiger partial charge is 0.465 e. The van der Waals surface area contributed by atoms with Crippen molar-refractivity contribution in [2.24, 2.45) is 0 Å². The van der Waals surface area contributed by atoms with Gasteiger partial charge in [0.05, 0.1) is 12.7 Å². The van der Waals surface area contributed by atoms with Crippen molar-refractivity contribution in [2.75, 3.05) is 7.11 Å². The van der Waals surface area contributed by atoms with E-state index in [0.717, 1.165) is 28.5 Å². The lowest BCUT2D eigenvalue weighted by atomic mass is 9.84. The zero-order valence-corrected chi connectivity index (χ0v) is 11.3. The van der Waals surface area contributed by atoms with Crippen molar-refractivity contribution in [3.63, 3.8) is 0 Å². The Labute approximate surface area is 121 Å². The van der Waals surface area contributed by atoms with Crippen LogP contribution in [0.2, 0.25) is 0 Å². The van der Waals surface area contributed by atoms with Gasteiger partial charge in [-0.15, -0.1) is 0 Å². The smallest absolute Gasteiger partial charge is 0.337 e. The summed E-state index contributed by atoms with van der Waals surface area (Å²) in [7, 11) is 1.37. The van der Waals surface area contributed by atoms with Crippen LogP contribution in [0.5, 0.6) is 0 Å². The Morgan fingerprint density at radius 2 is 1.71 bits per heavy atom. The van der Waals surface area contributed by atoms with Gasteiger partial charge in [-0.05, 0) is 40.5 Å². The van der Waals surface area contributed by atoms with E-state index in [1.54, 1.807) is 12.1 Å². The summed E-state index contributed by atoms with van der Waals surface area (Å²) in [5.41, 5.74) is 5.36. The molecule has 2 aliphatic heterocycles. The number of hydrogen-bond donors (Lipinski definition) is 0. The zero-order chi connectivity index (χ0) is 14.6. The third kappa shape index (κ3) is 1.59. The van der Waals surface area contributed by atoms with Gasteiger partial charge in [-0.25, -0.2) is 4.79 Å². The van der Waals surface area contributed by atoms with E-state index in [4.69, 9.17) is 9.47 Å². The van der Waals surface area contributed by atoms with Gasteiger partial charge in [0.2, 0.25) is 0 Å². The van der Waals surface area contributed by atoms with Crippen LogP contribution in [-0.4, -0.2) is 19.4 Å². The van der Waals surface area contributed by atoms with Crippen LogP contribution in [0, 0.1) is 0 Å². The first-order valence-corrected chi connectivity index (χ1v) is 6.69. The molecule has 21 heavy (non-hydrogen) atoms. The summed E-state index contributed by atoms with van der Waals surface area (Å²) in [5, 5.41) is 0. The number of hydrogen-bond acceptors (Lipinski definition) is 4. The molecule has 0 saturated heterocycles. The monoisotopic (exact) mass is 280 g/mol. The van der Waals surface area contributed by atoms with Crippen molar-refractivity contribution in [1.82, 2.24) is 0 Å². The number of fused-ring (bicyclic) bond motifs is 8. The van der Waals surface area contributed by atoms with Gasteiger partial charge in [-0.2, -0.15) is 0 Å². The number of carbonyl (C=O) groups excluding carboxylic acids is 2. The normalized spacial score (nSPS) is 20.8. The van der Waals surface area contributed by atoms with Gasteiger partial charge in [0.25, 0.3) is 0 Å². The second-order valence-electron chi connectivity index (χ2n) is 5.24. The van der Waals surface area contributed by atoms with Gasteiger partial charge < -0.3 is 9.47 Å². The van der Waals surface area contributed by atoms with E-state index in [0.29, 0.717) is 11.1 Å². The Balaban J connectivity index is 1.83. The first-order valence-electron chi connectivity index (χ1n) is 6.69. The van der Waals surface area contributed by atoms with Gasteiger partial charge in [0, 0.05) is 5.56 Å². The van der Waals surface area contributed by atoms with Crippen LogP contribution in [0.3, 0.4) is 0 Å². The highest BCUT2D eigenvalue weighted by Crippen LogP contribution is 2.54. The molecule has 0 fully saturated rings. The van der Waals surface area contributed by atoms with Crippen molar-refractivity contribution < 1.29 is 19.1 Å². The topological polar surface area (TPSA) is 52.6 Å². The number of benzene rings is 2. The third-order valence-electron chi connectivity index (χ3n) is 4.16. The van der Waals surface area contributed by atoms with Crippen molar-refractivity contribution in [1.29, 1.82) is 0 Å². The van der Waals surface area contributed by atoms with Crippen LogP contribution in [0.1, 0.15) is 55.2 Å². The van der Waals surface area contributed by atoms with E-state index in [-0.39, 0.29) is 18.2 Å². The number of methoxy groups -OCH3 is 1. The first-order chi connectivity index (χ1) is 10.2. The van der Waals surface area contributed by atoms with E-state index >= 15 is 0 Å². The van der Waals surface area contributed by atoms with Crippen LogP contribution >= 0.6 is 0 Å². The van der Waals surface area contributed by atoms with E-state index < -0.39 is 0 Å². The van der Waals surface area contributed by atoms with Gasteiger partial charge in [-0.1, -0.05) is 18.2 Å². The fourth-order valence-electron chi connectivity index (χ4n) is 3.18. The van der Waals surface area contributed by atoms with Crippen molar-refractivity contribution >= 4 is 12.3 Å². The van der Waals surface area contributed by atoms with E-state index in [9.17, 15) is 9.59 Å². The maximum Gasteiger partial charge on any atom is 0.337 e. The predicted octanol–water partition coefficient (Wildman–Crippen LogP) is 2.81. The van der Waals surface area contributed by atoms with Crippen LogP contribution in [0.15, 0.2) is 36.4 Å². The average molecular weight is 280 g/mol. The molecule has 2 bridgehead atoms. The molecule has 0 aromatic heterocycles. The Hall–Kier alpha value is -2.46. The quantitative estimate of drug-likeness (QED) is 0.627. The highest BCUT2D eigenvalue weighted by Gasteiger charge is 2.42. The molecule has 104 valence electrons. The lowest BCUT2D eigenvalue weighted by molar-refractivity contribution is 0.0600. The summed E-state index contributed by atoms with van der Waals surface area (Å²) in [6.45, 7) is 0. The zero-order valence-electron chi connectivity index (χ0n) is 11.3. The summed E-state index contributed by atoms with van der Waals surface area (Å²) in [4.78, 5) is 22.6. The van der Waals surface area contributed by atoms with Crippen molar-refractivity contribution in [3.05, 3.63) is 69.8 Å². The van der Waals surface area contributed by atoms with Crippen molar-refractivity contribution in [3.8, 4) is 0 Å². The second-order valence-corrected chi connectivity index (χ2v) is 5.24. The van der Waals surface area contributed by atoms with Crippen LogP contribution in [0.25, 0.3) is 0 Å². The van der Waals surface area contributed by atoms with E-state index in [1.807, 2.05) is 24.3 Å². The molecule has 0 spiro atoms. The summed E-state index contributed by atoms with van der Waals surface area (Å²) in [5.74, 6) is -0.350. The van der Waals surface area contributed by atoms with Crippen molar-refractivity contribution in [2.45, 2.75) is 12.2 Å². The fraction of sp³-hybridized carbons (Fsp3) is 0.176. The minimum Gasteiger partial charge on any atom is -0.465 e. The van der Waals surface area contributed by atoms with Gasteiger partial charge in [-0.3, -0.25) is 4.79 Å². The Morgan fingerprint density at radius 1 is 1.05 bits per heavy atom. The SMILES string of the molecule is COC(=O)c1ccc2c(c1)C1OC2c2cc(C=O)ccc21. The summed E-state index contributed by atoms with van der Waals surface area (Å²) in [6.07, 6.45) is 0.532. The standard InChI is InChI=1S/C17H12O4/c1-20-17(19)10-3-5-12-14(7-10)16-11-4-2-9(8-18)6-13(11)15(12)21-16/h2-8,15-16H,1H3. The average Bonchev–Trinajstić information content (AvgIpc) is 3.10. The molecule has 0 N–H and O–H groups in total. The number of esters is 1. The second kappa shape index (κ2) is 4.27. The Bertz CT molecular complexity index is 778. The van der Waals surface area contributed by atoms with Crippen LogP contribution in [0.4, 0.5) is 0 Å². The minimum atomic E-state index is -0.350. The molecular weight excluding hydrogens is 268 g/mol. The molecule has 2 atom stereocenters. The molecule has 2 aromatic carbocycles. The molecule has 2 heterocycles. The first kappa shape index (κ1) is 12.3. The highest BCUT2D eigenvalue weighted by molar-refractivity contribution is 5.90. The maximum atomic E-state index is 11.6. The molecule has 4 heteroatoms. The van der Waals surface area contributed by atoms with E-state index in [1.165, 1.54) is 7.11 Å². The van der Waals surface area contributed by atoms with Crippen LogP contribution in [-0.2, 0) is 9.47 Å². The molecule has 0 aliphatic carbocycles. The van der Waals surface area contributed by atoms with Gasteiger partial charge >= 0.3 is 5.97 Å². The molecule has 0 saturated carbocycles. The number of carbonyl (C=O) groups is 2. The number of rotatable bonds is 2. The lowest BCUT2D eigenvalue weighted by Crippen LogP contribution is -2.07. The summed E-state index contributed by atoms with van der Waals surface area (Å²) >= 11 is 0. The highest BCUT2D eigenvalue weighted by atomic mass is 16.5. The summed E-state index contributed by atoms with van der Waals surface area (Å²) in [6, 6.07) is 11.1. The molecule has 4 rings (SSSR count). The minimum absolute atomic E-state index is 0.147. The molecular formula is C17H12O4. The molecule has 4 nitrogen and oxygen atoms in total. The number of ether oxygens (including phenoxy) is 2. The summed E-state index contributed by atoms with van der Waals surface area (Å²) < 4.78 is 10.8. The van der Waals surface area contributed by atoms with E-state index in [2.05, 4.69) is 0 Å².